The van der Waals surface area contributed by atoms with Gasteiger partial charge in [0.2, 0.25) is 0 Å². The van der Waals surface area contributed by atoms with Crippen LogP contribution in [0.4, 0.5) is 18.9 Å². The van der Waals surface area contributed by atoms with Crippen molar-refractivity contribution < 1.29 is 18.0 Å². The lowest BCUT2D eigenvalue weighted by atomic mass is 10.1. The fourth-order valence-electron chi connectivity index (χ4n) is 2.94. The first-order chi connectivity index (χ1) is 15.2. The Kier molecular flexibility index (Phi) is 5.34. The van der Waals surface area contributed by atoms with Crippen LogP contribution in [-0.2, 0) is 6.18 Å². The Morgan fingerprint density at radius 3 is 2.44 bits per heavy atom. The van der Waals surface area contributed by atoms with Gasteiger partial charge in [0, 0.05) is 24.2 Å². The van der Waals surface area contributed by atoms with Crippen LogP contribution in [0.1, 0.15) is 27.2 Å². The van der Waals surface area contributed by atoms with Crippen LogP contribution in [0.2, 0.25) is 0 Å². The molecule has 0 aliphatic heterocycles. The van der Waals surface area contributed by atoms with Gasteiger partial charge in [-0.15, -0.1) is 4.80 Å². The van der Waals surface area contributed by atoms with E-state index in [-0.39, 0.29) is 11.3 Å². The molecule has 4 aromatic rings. The van der Waals surface area contributed by atoms with Gasteiger partial charge in [0.25, 0.3) is 5.91 Å². The summed E-state index contributed by atoms with van der Waals surface area (Å²) in [6, 6.07) is 2.58. The molecule has 162 valence electrons. The zero-order chi connectivity index (χ0) is 22.9. The third-order valence-corrected chi connectivity index (χ3v) is 4.54. The molecule has 0 aromatic carbocycles. The molecule has 9 nitrogen and oxygen atoms in total. The molecule has 0 fully saturated rings. The third kappa shape index (κ3) is 4.15. The van der Waals surface area contributed by atoms with E-state index in [0.29, 0.717) is 17.1 Å². The molecule has 4 aromatic heterocycles. The maximum Gasteiger partial charge on any atom is 0.420 e. The maximum atomic E-state index is 13.5. The first-order valence-electron chi connectivity index (χ1n) is 9.24. The summed E-state index contributed by atoms with van der Waals surface area (Å²) in [5.74, 6) is -0.783. The van der Waals surface area contributed by atoms with Crippen LogP contribution in [0.3, 0.4) is 0 Å². The second-order valence-corrected chi connectivity index (χ2v) is 6.75. The number of aryl methyl sites for hydroxylation is 2. The van der Waals surface area contributed by atoms with Gasteiger partial charge in [0.05, 0.1) is 35.5 Å². The number of hydrogen-bond acceptors (Lipinski definition) is 7. The van der Waals surface area contributed by atoms with E-state index >= 15 is 0 Å². The topological polar surface area (TPSA) is 111 Å². The number of anilines is 1. The van der Waals surface area contributed by atoms with Gasteiger partial charge < -0.3 is 5.32 Å². The highest BCUT2D eigenvalue weighted by atomic mass is 19.4. The van der Waals surface area contributed by atoms with Crippen LogP contribution in [0.15, 0.2) is 49.3 Å². The minimum Gasteiger partial charge on any atom is -0.320 e. The van der Waals surface area contributed by atoms with Gasteiger partial charge >= 0.3 is 6.18 Å². The lowest BCUT2D eigenvalue weighted by molar-refractivity contribution is -0.137. The molecule has 0 saturated heterocycles. The SMILES string of the molecule is Cc1ccncc1-c1ncc(C(=O)Nc2cnc(-n3nccn3)c(C(F)(F)F)c2)c(C)n1. The first kappa shape index (κ1) is 21.0. The van der Waals surface area contributed by atoms with E-state index in [1.165, 1.54) is 18.6 Å². The van der Waals surface area contributed by atoms with Crippen molar-refractivity contribution in [2.75, 3.05) is 5.32 Å². The summed E-state index contributed by atoms with van der Waals surface area (Å²) in [6.07, 6.45) is 3.40. The average molecular weight is 440 g/mol. The molecule has 12 heteroatoms. The van der Waals surface area contributed by atoms with E-state index in [4.69, 9.17) is 0 Å². The number of halogens is 3. The number of nitrogens with one attached hydrogen (secondary N) is 1. The van der Waals surface area contributed by atoms with Crippen LogP contribution in [0, 0.1) is 13.8 Å². The standard InChI is InChI=1S/C20H15F3N8O/c1-11-3-4-24-9-14(11)17-25-10-15(12(2)29-17)19(32)30-13-7-16(20(21,22)23)18(26-8-13)31-27-5-6-28-31/h3-10H,1-2H3,(H,30,32). The van der Waals surface area contributed by atoms with Gasteiger partial charge in [0.15, 0.2) is 11.6 Å². The molecule has 1 amide bonds. The Morgan fingerprint density at radius 2 is 1.78 bits per heavy atom. The zero-order valence-electron chi connectivity index (χ0n) is 16.8. The van der Waals surface area contributed by atoms with Crippen molar-refractivity contribution in [2.45, 2.75) is 20.0 Å². The predicted octanol–water partition coefficient (Wildman–Crippen LogP) is 3.40. The largest absolute Gasteiger partial charge is 0.420 e. The number of rotatable bonds is 4. The number of aromatic nitrogens is 7. The summed E-state index contributed by atoms with van der Waals surface area (Å²) in [6.45, 7) is 3.49. The van der Waals surface area contributed by atoms with Crippen LogP contribution >= 0.6 is 0 Å². The Labute approximate surface area is 179 Å². The first-order valence-corrected chi connectivity index (χ1v) is 9.24. The molecular weight excluding hydrogens is 425 g/mol. The molecule has 4 rings (SSSR count). The monoisotopic (exact) mass is 440 g/mol. The van der Waals surface area contributed by atoms with E-state index in [1.54, 1.807) is 19.3 Å². The number of carbonyl (C=O) groups is 1. The summed E-state index contributed by atoms with van der Waals surface area (Å²) in [5, 5.41) is 9.78. The highest BCUT2D eigenvalue weighted by Gasteiger charge is 2.36. The van der Waals surface area contributed by atoms with Crippen molar-refractivity contribution in [1.29, 1.82) is 0 Å². The molecule has 0 spiro atoms. The zero-order valence-corrected chi connectivity index (χ0v) is 16.8. The van der Waals surface area contributed by atoms with Gasteiger partial charge in [0.1, 0.15) is 5.56 Å². The van der Waals surface area contributed by atoms with Crippen molar-refractivity contribution in [3.05, 3.63) is 71.7 Å². The number of carbonyl (C=O) groups excluding carboxylic acids is 1. The Hall–Kier alpha value is -4.22. The average Bonchev–Trinajstić information content (AvgIpc) is 3.28. The van der Waals surface area contributed by atoms with Crippen LogP contribution in [0.25, 0.3) is 17.2 Å². The van der Waals surface area contributed by atoms with Crippen molar-refractivity contribution >= 4 is 11.6 Å². The highest BCUT2D eigenvalue weighted by Crippen LogP contribution is 2.34. The van der Waals surface area contributed by atoms with Crippen LogP contribution in [0.5, 0.6) is 0 Å². The maximum absolute atomic E-state index is 13.5. The fraction of sp³-hybridized carbons (Fsp3) is 0.150. The summed E-state index contributed by atoms with van der Waals surface area (Å²) >= 11 is 0. The molecule has 32 heavy (non-hydrogen) atoms. The quantitative estimate of drug-likeness (QED) is 0.518. The normalized spacial score (nSPS) is 11.4. The Morgan fingerprint density at radius 1 is 1.03 bits per heavy atom. The number of alkyl halides is 3. The van der Waals surface area contributed by atoms with Crippen LogP contribution < -0.4 is 5.32 Å². The minimum absolute atomic E-state index is 0.113. The van der Waals surface area contributed by atoms with Crippen molar-refractivity contribution in [1.82, 2.24) is 34.9 Å². The summed E-state index contributed by atoms with van der Waals surface area (Å²) in [7, 11) is 0. The summed E-state index contributed by atoms with van der Waals surface area (Å²) in [5.41, 5.74) is 0.851. The summed E-state index contributed by atoms with van der Waals surface area (Å²) in [4.78, 5) is 29.8. The molecule has 0 unspecified atom stereocenters. The Balaban J connectivity index is 1.62. The molecule has 1 N–H and O–H groups in total. The van der Waals surface area contributed by atoms with Gasteiger partial charge in [-0.05, 0) is 31.5 Å². The molecule has 0 aliphatic rings. The van der Waals surface area contributed by atoms with Crippen LogP contribution in [-0.4, -0.2) is 40.8 Å². The molecular formula is C20H15F3N8O. The predicted molar refractivity (Wildman–Crippen MR) is 107 cm³/mol. The van der Waals surface area contributed by atoms with Gasteiger partial charge in [-0.25, -0.2) is 15.0 Å². The Bertz CT molecular complexity index is 1290. The number of amides is 1. The smallest absolute Gasteiger partial charge is 0.320 e. The lowest BCUT2D eigenvalue weighted by Gasteiger charge is -2.14. The summed E-state index contributed by atoms with van der Waals surface area (Å²) < 4.78 is 40.6. The van der Waals surface area contributed by atoms with E-state index in [2.05, 4.69) is 35.5 Å². The molecule has 0 radical (unpaired) electrons. The molecule has 0 bridgehead atoms. The second-order valence-electron chi connectivity index (χ2n) is 6.75. The molecule has 0 atom stereocenters. The van der Waals surface area contributed by atoms with E-state index in [9.17, 15) is 18.0 Å². The van der Waals surface area contributed by atoms with E-state index in [1.807, 2.05) is 13.0 Å². The van der Waals surface area contributed by atoms with Gasteiger partial charge in [-0.3, -0.25) is 9.78 Å². The van der Waals surface area contributed by atoms with E-state index in [0.717, 1.165) is 22.6 Å². The molecule has 4 heterocycles. The van der Waals surface area contributed by atoms with Crippen molar-refractivity contribution in [3.8, 4) is 17.2 Å². The minimum atomic E-state index is -4.74. The van der Waals surface area contributed by atoms with Crippen molar-refractivity contribution in [2.24, 2.45) is 0 Å². The highest BCUT2D eigenvalue weighted by molar-refractivity contribution is 6.04. The lowest BCUT2D eigenvalue weighted by Crippen LogP contribution is -2.18. The molecule has 0 saturated carbocycles. The number of nitrogens with zero attached hydrogens (tertiary/aromatic N) is 7. The molecule has 0 aliphatic carbocycles. The number of pyridine rings is 2. The fourth-order valence-corrected chi connectivity index (χ4v) is 2.94. The van der Waals surface area contributed by atoms with Crippen molar-refractivity contribution in [3.63, 3.8) is 0 Å². The third-order valence-electron chi connectivity index (χ3n) is 4.54. The van der Waals surface area contributed by atoms with E-state index < -0.39 is 23.5 Å². The van der Waals surface area contributed by atoms with Gasteiger partial charge in [-0.1, -0.05) is 0 Å². The second kappa shape index (κ2) is 8.13. The number of hydrogen-bond donors (Lipinski definition) is 1. The van der Waals surface area contributed by atoms with Gasteiger partial charge in [-0.2, -0.15) is 23.4 Å².